The number of hydrogen-bond acceptors (Lipinski definition) is 7. The maximum absolute atomic E-state index is 14.2. The number of nitriles is 1. The van der Waals surface area contributed by atoms with Crippen molar-refractivity contribution in [2.24, 2.45) is 5.92 Å². The summed E-state index contributed by atoms with van der Waals surface area (Å²) in [5.41, 5.74) is 0.0893. The summed E-state index contributed by atoms with van der Waals surface area (Å²) in [4.78, 5) is 24.3. The summed E-state index contributed by atoms with van der Waals surface area (Å²) < 4.78 is 55.9. The van der Waals surface area contributed by atoms with Crippen molar-refractivity contribution in [3.63, 3.8) is 0 Å². The van der Waals surface area contributed by atoms with Crippen LogP contribution in [0.5, 0.6) is 5.75 Å². The van der Waals surface area contributed by atoms with Crippen LogP contribution < -0.4 is 4.74 Å². The molecule has 3 aromatic rings. The van der Waals surface area contributed by atoms with Gasteiger partial charge in [0, 0.05) is 37.8 Å². The van der Waals surface area contributed by atoms with Crippen molar-refractivity contribution >= 4 is 29.3 Å². The van der Waals surface area contributed by atoms with Gasteiger partial charge in [0.05, 0.1) is 37.1 Å². The van der Waals surface area contributed by atoms with Gasteiger partial charge in [-0.2, -0.15) is 18.4 Å². The zero-order valence-electron chi connectivity index (χ0n) is 24.3. The first kappa shape index (κ1) is 32.5. The number of carbonyl (C=O) groups excluding carboxylic acids is 1. The van der Waals surface area contributed by atoms with Gasteiger partial charge in [-0.25, -0.2) is 9.97 Å². The Morgan fingerprint density at radius 3 is 2.60 bits per heavy atom. The molecule has 5 rings (SSSR count). The minimum absolute atomic E-state index is 0. The predicted octanol–water partition coefficient (Wildman–Crippen LogP) is 5.16. The molecule has 1 unspecified atom stereocenters. The van der Waals surface area contributed by atoms with Gasteiger partial charge in [-0.15, -0.1) is 12.4 Å². The van der Waals surface area contributed by atoms with Crippen LogP contribution in [-0.4, -0.2) is 83.3 Å². The van der Waals surface area contributed by atoms with Gasteiger partial charge in [0.1, 0.15) is 17.5 Å². The van der Waals surface area contributed by atoms with Crippen molar-refractivity contribution in [3.8, 4) is 23.1 Å². The Labute approximate surface area is 255 Å². The number of halogens is 4. The topological polar surface area (TPSA) is 96.5 Å². The second kappa shape index (κ2) is 13.9. The highest BCUT2D eigenvalue weighted by Gasteiger charge is 2.35. The minimum Gasteiger partial charge on any atom is -0.493 e. The third kappa shape index (κ3) is 7.77. The van der Waals surface area contributed by atoms with Gasteiger partial charge in [0.15, 0.2) is 0 Å². The molecule has 232 valence electrons. The monoisotopic (exact) mass is 620 g/mol. The van der Waals surface area contributed by atoms with Crippen molar-refractivity contribution in [2.75, 3.05) is 46.9 Å². The lowest BCUT2D eigenvalue weighted by Gasteiger charge is -2.32. The molecule has 2 fully saturated rings. The highest BCUT2D eigenvalue weighted by molar-refractivity contribution is 5.91. The molecule has 2 aromatic heterocycles. The number of ether oxygens (including phenoxy) is 2. The number of nitrogens with zero attached hydrogens (tertiary/aromatic N) is 6. The normalized spacial score (nSPS) is 17.9. The van der Waals surface area contributed by atoms with E-state index in [2.05, 4.69) is 14.9 Å². The zero-order chi connectivity index (χ0) is 29.9. The number of likely N-dealkylation sites (tertiary alicyclic amines) is 1. The average Bonchev–Trinajstić information content (AvgIpc) is 3.63. The summed E-state index contributed by atoms with van der Waals surface area (Å²) in [7, 11) is 3.46. The third-order valence-corrected chi connectivity index (χ3v) is 8.05. The number of carbonyl (C=O) groups is 1. The molecule has 1 amide bonds. The first-order chi connectivity index (χ1) is 20.1. The van der Waals surface area contributed by atoms with Gasteiger partial charge >= 0.3 is 6.18 Å². The molecule has 43 heavy (non-hydrogen) atoms. The van der Waals surface area contributed by atoms with Crippen LogP contribution in [0.4, 0.5) is 13.2 Å². The smallest absolute Gasteiger partial charge is 0.419 e. The van der Waals surface area contributed by atoms with E-state index >= 15 is 0 Å². The number of benzene rings is 1. The Balaban J connectivity index is 0.00000423. The van der Waals surface area contributed by atoms with Gasteiger partial charge in [-0.1, -0.05) is 0 Å². The van der Waals surface area contributed by atoms with Crippen LogP contribution in [-0.2, 0) is 22.3 Å². The van der Waals surface area contributed by atoms with E-state index in [0.717, 1.165) is 44.8 Å². The highest BCUT2D eigenvalue weighted by Crippen LogP contribution is 2.40. The van der Waals surface area contributed by atoms with Crippen LogP contribution in [0, 0.1) is 17.2 Å². The standard InChI is InChI=1S/C30H35F3N6O3.ClH/c1-37(2)27(40)19-38-11-7-20(8-12-38)10-15-42-25-6-5-21(16-24(25)30(31,32)33)28-23-9-13-39(18-22-4-3-14-41-22)29(23)36-26(17-34)35-28;/h5-6,9,13,16,20,22H,3-4,7-8,10-12,14-15,18-19H2,1-2H3;1H. The Morgan fingerprint density at radius 1 is 1.19 bits per heavy atom. The van der Waals surface area contributed by atoms with Gasteiger partial charge in [-0.05, 0) is 75.4 Å². The Hall–Kier alpha value is -3.40. The number of rotatable bonds is 9. The fourth-order valence-electron chi connectivity index (χ4n) is 5.62. The van der Waals surface area contributed by atoms with Gasteiger partial charge < -0.3 is 18.9 Å². The largest absolute Gasteiger partial charge is 0.493 e. The molecule has 2 aliphatic rings. The molecule has 9 nitrogen and oxygen atoms in total. The summed E-state index contributed by atoms with van der Waals surface area (Å²) in [5, 5.41) is 10.1. The van der Waals surface area contributed by atoms with E-state index in [1.165, 1.54) is 6.07 Å². The van der Waals surface area contributed by atoms with Crippen molar-refractivity contribution in [3.05, 3.63) is 41.9 Å². The maximum Gasteiger partial charge on any atom is 0.419 e. The van der Waals surface area contributed by atoms with Gasteiger partial charge in [0.2, 0.25) is 11.7 Å². The van der Waals surface area contributed by atoms with E-state index in [1.807, 2.05) is 10.6 Å². The Morgan fingerprint density at radius 2 is 1.95 bits per heavy atom. The molecule has 1 atom stereocenters. The zero-order valence-corrected chi connectivity index (χ0v) is 25.1. The van der Waals surface area contributed by atoms with Gasteiger partial charge in [0.25, 0.3) is 0 Å². The average molecular weight is 621 g/mol. The minimum atomic E-state index is -4.65. The molecule has 2 aliphatic heterocycles. The fourth-order valence-corrected chi connectivity index (χ4v) is 5.62. The van der Waals surface area contributed by atoms with E-state index in [-0.39, 0.29) is 53.9 Å². The van der Waals surface area contributed by atoms with Crippen molar-refractivity contribution < 1.29 is 27.4 Å². The van der Waals surface area contributed by atoms with Crippen LogP contribution >= 0.6 is 12.4 Å². The Kier molecular flexibility index (Phi) is 10.5. The number of aromatic nitrogens is 3. The third-order valence-electron chi connectivity index (χ3n) is 8.05. The molecular formula is C30H36ClF3N6O3. The van der Waals surface area contributed by atoms with E-state index in [1.54, 1.807) is 37.3 Å². The molecular weight excluding hydrogens is 585 g/mol. The number of amides is 1. The molecule has 0 bridgehead atoms. The lowest BCUT2D eigenvalue weighted by Crippen LogP contribution is -2.41. The van der Waals surface area contributed by atoms with Crippen molar-refractivity contribution in [1.29, 1.82) is 5.26 Å². The lowest BCUT2D eigenvalue weighted by molar-refractivity contribution is -0.139. The lowest BCUT2D eigenvalue weighted by atomic mass is 9.94. The van der Waals surface area contributed by atoms with Crippen molar-refractivity contribution in [1.82, 2.24) is 24.3 Å². The summed E-state index contributed by atoms with van der Waals surface area (Å²) >= 11 is 0. The number of fused-ring (bicyclic) bond motifs is 1. The first-order valence-corrected chi connectivity index (χ1v) is 14.3. The second-order valence-electron chi connectivity index (χ2n) is 11.2. The summed E-state index contributed by atoms with van der Waals surface area (Å²) in [6, 6.07) is 7.62. The number of alkyl halides is 3. The van der Waals surface area contributed by atoms with E-state index in [4.69, 9.17) is 9.47 Å². The van der Waals surface area contributed by atoms with Crippen LogP contribution in [0.2, 0.25) is 0 Å². The molecule has 2 saturated heterocycles. The number of piperidine rings is 1. The molecule has 0 saturated carbocycles. The predicted molar refractivity (Wildman–Crippen MR) is 157 cm³/mol. The van der Waals surface area contributed by atoms with Gasteiger partial charge in [-0.3, -0.25) is 9.69 Å². The Bertz CT molecular complexity index is 1460. The molecule has 0 spiro atoms. The maximum atomic E-state index is 14.2. The molecule has 13 heteroatoms. The van der Waals surface area contributed by atoms with Crippen LogP contribution in [0.15, 0.2) is 30.5 Å². The highest BCUT2D eigenvalue weighted by atomic mass is 35.5. The van der Waals surface area contributed by atoms with Crippen LogP contribution in [0.1, 0.15) is 43.5 Å². The van der Waals surface area contributed by atoms with E-state index < -0.39 is 11.7 Å². The second-order valence-corrected chi connectivity index (χ2v) is 11.2. The SMILES string of the molecule is CN(C)C(=O)CN1CCC(CCOc2ccc(-c3nc(C#N)nc4c3ccn4CC3CCCO3)cc2C(F)(F)F)CC1.Cl. The first-order valence-electron chi connectivity index (χ1n) is 14.3. The van der Waals surface area contributed by atoms with E-state index in [0.29, 0.717) is 43.1 Å². The molecule has 0 aliphatic carbocycles. The molecule has 0 N–H and O–H groups in total. The number of hydrogen-bond donors (Lipinski definition) is 0. The van der Waals surface area contributed by atoms with Crippen LogP contribution in [0.25, 0.3) is 22.3 Å². The molecule has 0 radical (unpaired) electrons. The summed E-state index contributed by atoms with van der Waals surface area (Å²) in [5.74, 6) is 0.0298. The number of likely N-dealkylation sites (N-methyl/N-ethyl adjacent to an activating group) is 1. The van der Waals surface area contributed by atoms with Crippen molar-refractivity contribution in [2.45, 2.75) is 50.9 Å². The fraction of sp³-hybridized carbons (Fsp3) is 0.533. The summed E-state index contributed by atoms with van der Waals surface area (Å²) in [6.07, 6.45) is 1.43. The van der Waals surface area contributed by atoms with E-state index in [9.17, 15) is 23.2 Å². The molecule has 1 aromatic carbocycles. The summed E-state index contributed by atoms with van der Waals surface area (Å²) in [6.45, 7) is 3.33. The molecule has 4 heterocycles. The quantitative estimate of drug-likeness (QED) is 0.326. The van der Waals surface area contributed by atoms with Crippen LogP contribution in [0.3, 0.4) is 0 Å².